The summed E-state index contributed by atoms with van der Waals surface area (Å²) in [5, 5.41) is 1.01. The molecular formula is C22H24N2O2. The summed E-state index contributed by atoms with van der Waals surface area (Å²) in [7, 11) is 0. The zero-order valence-corrected chi connectivity index (χ0v) is 15.3. The van der Waals surface area contributed by atoms with Crippen LogP contribution in [-0.4, -0.2) is 40.7 Å². The van der Waals surface area contributed by atoms with E-state index >= 15 is 0 Å². The number of carbonyl (C=O) groups excluding carboxylic acids is 1. The lowest BCUT2D eigenvalue weighted by Crippen LogP contribution is -2.48. The molecule has 1 aromatic heterocycles. The summed E-state index contributed by atoms with van der Waals surface area (Å²) in [6, 6.07) is 18.5. The number of aromatic nitrogens is 1. The molecule has 0 N–H and O–H groups in total. The van der Waals surface area contributed by atoms with Gasteiger partial charge in [0, 0.05) is 36.7 Å². The first-order valence-corrected chi connectivity index (χ1v) is 9.18. The van der Waals surface area contributed by atoms with Crippen LogP contribution in [0.3, 0.4) is 0 Å². The fourth-order valence-electron chi connectivity index (χ4n) is 3.84. The van der Waals surface area contributed by atoms with E-state index in [4.69, 9.17) is 4.74 Å². The molecule has 0 bridgehead atoms. The molecule has 0 unspecified atom stereocenters. The van der Waals surface area contributed by atoms with E-state index in [1.165, 1.54) is 5.56 Å². The molecule has 2 aromatic carbocycles. The molecule has 0 spiro atoms. The predicted octanol–water partition coefficient (Wildman–Crippen LogP) is 3.94. The number of nitrogens with zero attached hydrogens (tertiary/aromatic N) is 2. The lowest BCUT2D eigenvalue weighted by Gasteiger charge is -2.35. The molecular weight excluding hydrogens is 324 g/mol. The smallest absolute Gasteiger partial charge is 0.256 e. The van der Waals surface area contributed by atoms with Gasteiger partial charge in [0.05, 0.1) is 17.8 Å². The first kappa shape index (κ1) is 16.9. The lowest BCUT2D eigenvalue weighted by molar-refractivity contribution is -0.0585. The number of benzene rings is 2. The van der Waals surface area contributed by atoms with Crippen LogP contribution < -0.4 is 0 Å². The van der Waals surface area contributed by atoms with Crippen LogP contribution in [0.2, 0.25) is 0 Å². The Balaban J connectivity index is 1.70. The van der Waals surface area contributed by atoms with E-state index in [1.807, 2.05) is 61.3 Å². The maximum absolute atomic E-state index is 13.2. The number of fused-ring (bicyclic) bond motifs is 1. The van der Waals surface area contributed by atoms with E-state index in [0.717, 1.165) is 23.0 Å². The Morgan fingerprint density at radius 3 is 2.38 bits per heavy atom. The first-order chi connectivity index (χ1) is 12.6. The summed E-state index contributed by atoms with van der Waals surface area (Å²) >= 11 is 0. The average Bonchev–Trinajstić information content (AvgIpc) is 3.00. The van der Waals surface area contributed by atoms with Crippen LogP contribution in [0.5, 0.6) is 0 Å². The van der Waals surface area contributed by atoms with Crippen molar-refractivity contribution < 1.29 is 9.53 Å². The van der Waals surface area contributed by atoms with Crippen molar-refractivity contribution in [3.8, 4) is 0 Å². The molecule has 1 saturated heterocycles. The Morgan fingerprint density at radius 1 is 1.00 bits per heavy atom. The molecule has 1 fully saturated rings. The molecule has 4 nitrogen and oxygen atoms in total. The van der Waals surface area contributed by atoms with Crippen molar-refractivity contribution in [1.82, 2.24) is 9.47 Å². The summed E-state index contributed by atoms with van der Waals surface area (Å²) in [5.74, 6) is 0.0926. The van der Waals surface area contributed by atoms with Crippen LogP contribution in [-0.2, 0) is 11.3 Å². The maximum atomic E-state index is 13.2. The van der Waals surface area contributed by atoms with Gasteiger partial charge in [-0.3, -0.25) is 4.79 Å². The Labute approximate surface area is 154 Å². The predicted molar refractivity (Wildman–Crippen MR) is 103 cm³/mol. The normalized spacial score (nSPS) is 20.5. The number of rotatable bonds is 3. The summed E-state index contributed by atoms with van der Waals surface area (Å²) < 4.78 is 7.95. The van der Waals surface area contributed by atoms with Crippen LogP contribution in [0.15, 0.2) is 60.8 Å². The van der Waals surface area contributed by atoms with Gasteiger partial charge in [0.1, 0.15) is 0 Å². The molecule has 134 valence electrons. The number of amides is 1. The van der Waals surface area contributed by atoms with Gasteiger partial charge in [-0.05, 0) is 25.5 Å². The van der Waals surface area contributed by atoms with Gasteiger partial charge in [0.15, 0.2) is 0 Å². The van der Waals surface area contributed by atoms with Crippen molar-refractivity contribution in [2.75, 3.05) is 13.1 Å². The topological polar surface area (TPSA) is 34.5 Å². The lowest BCUT2D eigenvalue weighted by atomic mass is 10.1. The van der Waals surface area contributed by atoms with E-state index in [-0.39, 0.29) is 18.1 Å². The molecule has 4 rings (SSSR count). The number of para-hydroxylation sites is 1. The zero-order valence-electron chi connectivity index (χ0n) is 15.3. The number of morpholine rings is 1. The van der Waals surface area contributed by atoms with Crippen molar-refractivity contribution in [3.63, 3.8) is 0 Å². The molecule has 1 amide bonds. The largest absolute Gasteiger partial charge is 0.372 e. The molecule has 26 heavy (non-hydrogen) atoms. The highest BCUT2D eigenvalue weighted by atomic mass is 16.5. The fourth-order valence-corrected chi connectivity index (χ4v) is 3.84. The van der Waals surface area contributed by atoms with Crippen molar-refractivity contribution >= 4 is 16.8 Å². The Bertz CT molecular complexity index is 906. The highest BCUT2D eigenvalue weighted by Gasteiger charge is 2.28. The van der Waals surface area contributed by atoms with E-state index in [9.17, 15) is 4.79 Å². The van der Waals surface area contributed by atoms with Gasteiger partial charge in [-0.15, -0.1) is 0 Å². The molecule has 0 aliphatic carbocycles. The van der Waals surface area contributed by atoms with Crippen molar-refractivity contribution in [2.45, 2.75) is 32.6 Å². The van der Waals surface area contributed by atoms with Gasteiger partial charge in [-0.25, -0.2) is 0 Å². The second kappa shape index (κ2) is 6.96. The quantitative estimate of drug-likeness (QED) is 0.718. The van der Waals surface area contributed by atoms with E-state index in [2.05, 4.69) is 22.8 Å². The Hall–Kier alpha value is -2.59. The third kappa shape index (κ3) is 3.25. The average molecular weight is 348 g/mol. The first-order valence-electron chi connectivity index (χ1n) is 9.18. The second-order valence-electron chi connectivity index (χ2n) is 7.14. The molecule has 2 heterocycles. The third-order valence-electron chi connectivity index (χ3n) is 4.92. The van der Waals surface area contributed by atoms with Crippen molar-refractivity contribution in [2.24, 2.45) is 0 Å². The molecule has 0 saturated carbocycles. The van der Waals surface area contributed by atoms with Crippen LogP contribution in [0.4, 0.5) is 0 Å². The third-order valence-corrected chi connectivity index (χ3v) is 4.92. The van der Waals surface area contributed by atoms with Crippen LogP contribution in [0.1, 0.15) is 29.8 Å². The Morgan fingerprint density at radius 2 is 1.65 bits per heavy atom. The maximum Gasteiger partial charge on any atom is 0.256 e. The van der Waals surface area contributed by atoms with E-state index in [1.54, 1.807) is 0 Å². The van der Waals surface area contributed by atoms with Crippen LogP contribution >= 0.6 is 0 Å². The highest BCUT2D eigenvalue weighted by Crippen LogP contribution is 2.25. The van der Waals surface area contributed by atoms with Gasteiger partial charge in [0.2, 0.25) is 0 Å². The Kier molecular flexibility index (Phi) is 4.51. The van der Waals surface area contributed by atoms with Crippen molar-refractivity contribution in [1.29, 1.82) is 0 Å². The summed E-state index contributed by atoms with van der Waals surface area (Å²) in [4.78, 5) is 15.2. The highest BCUT2D eigenvalue weighted by molar-refractivity contribution is 6.07. The molecule has 4 heteroatoms. The minimum atomic E-state index is 0.0698. The zero-order chi connectivity index (χ0) is 18.1. The second-order valence-corrected chi connectivity index (χ2v) is 7.14. The van der Waals surface area contributed by atoms with Crippen LogP contribution in [0, 0.1) is 0 Å². The van der Waals surface area contributed by atoms with Gasteiger partial charge in [0.25, 0.3) is 5.91 Å². The monoisotopic (exact) mass is 348 g/mol. The molecule has 1 aliphatic heterocycles. The SMILES string of the molecule is C[C@H]1CN(C(=O)c2cn(Cc3ccccc3)c3ccccc23)C[C@H](C)O1. The minimum Gasteiger partial charge on any atom is -0.372 e. The molecule has 1 aliphatic rings. The van der Waals surface area contributed by atoms with Gasteiger partial charge in [-0.1, -0.05) is 48.5 Å². The van der Waals surface area contributed by atoms with Crippen molar-refractivity contribution in [3.05, 3.63) is 71.9 Å². The number of hydrogen-bond acceptors (Lipinski definition) is 2. The number of ether oxygens (including phenoxy) is 1. The van der Waals surface area contributed by atoms with E-state index < -0.39 is 0 Å². The fraction of sp³-hybridized carbons (Fsp3) is 0.318. The van der Waals surface area contributed by atoms with Gasteiger partial charge < -0.3 is 14.2 Å². The standard InChI is InChI=1S/C22H24N2O2/c1-16-12-24(13-17(2)26-16)22(25)20-15-23(14-18-8-4-3-5-9-18)21-11-7-6-10-19(20)21/h3-11,15-17H,12-14H2,1-2H3/t16-,17-/m0/s1. The number of carbonyl (C=O) groups is 1. The summed E-state index contributed by atoms with van der Waals surface area (Å²) in [5.41, 5.74) is 3.09. The molecule has 0 radical (unpaired) electrons. The van der Waals surface area contributed by atoms with E-state index in [0.29, 0.717) is 13.1 Å². The summed E-state index contributed by atoms with van der Waals surface area (Å²) in [6.45, 7) is 6.08. The van der Waals surface area contributed by atoms with Crippen LogP contribution in [0.25, 0.3) is 10.9 Å². The minimum absolute atomic E-state index is 0.0698. The van der Waals surface area contributed by atoms with Gasteiger partial charge in [-0.2, -0.15) is 0 Å². The molecule has 2 atom stereocenters. The summed E-state index contributed by atoms with van der Waals surface area (Å²) in [6.07, 6.45) is 2.14. The molecule has 3 aromatic rings. The number of hydrogen-bond donors (Lipinski definition) is 0. The van der Waals surface area contributed by atoms with Gasteiger partial charge >= 0.3 is 0 Å².